The molecule has 1 aliphatic rings. The van der Waals surface area contributed by atoms with Crippen molar-refractivity contribution in [1.82, 2.24) is 10.2 Å². The number of hydrogen-bond donors (Lipinski definition) is 1. The zero-order valence-corrected chi connectivity index (χ0v) is 21.4. The summed E-state index contributed by atoms with van der Waals surface area (Å²) in [6.45, 7) is 4.37. The predicted molar refractivity (Wildman–Crippen MR) is 137 cm³/mol. The van der Waals surface area contributed by atoms with Gasteiger partial charge in [-0.2, -0.15) is 0 Å². The number of benzene rings is 2. The molecule has 1 aliphatic carbocycles. The van der Waals surface area contributed by atoms with Gasteiger partial charge < -0.3 is 10.2 Å². The van der Waals surface area contributed by atoms with Gasteiger partial charge in [0.05, 0.1) is 5.75 Å². The second-order valence-corrected chi connectivity index (χ2v) is 10.5. The van der Waals surface area contributed by atoms with Gasteiger partial charge in [-0.15, -0.1) is 11.8 Å². The van der Waals surface area contributed by atoms with E-state index in [0.717, 1.165) is 41.5 Å². The molecule has 0 saturated heterocycles. The molecular formula is C26H33BrN2O2S. The lowest BCUT2D eigenvalue weighted by Gasteiger charge is -2.31. The summed E-state index contributed by atoms with van der Waals surface area (Å²) in [6.07, 6.45) is 5.64. The third-order valence-electron chi connectivity index (χ3n) is 6.13. The van der Waals surface area contributed by atoms with E-state index < -0.39 is 6.04 Å². The minimum atomic E-state index is -0.507. The molecule has 32 heavy (non-hydrogen) atoms. The first-order valence-electron chi connectivity index (χ1n) is 11.4. The average Bonchev–Trinajstić information content (AvgIpc) is 2.80. The number of hydrogen-bond acceptors (Lipinski definition) is 3. The fraction of sp³-hybridized carbons (Fsp3) is 0.462. The van der Waals surface area contributed by atoms with Crippen molar-refractivity contribution < 1.29 is 9.59 Å². The summed E-state index contributed by atoms with van der Waals surface area (Å²) in [4.78, 5) is 28.0. The van der Waals surface area contributed by atoms with Gasteiger partial charge in [0.1, 0.15) is 6.04 Å². The third kappa shape index (κ3) is 7.38. The maximum absolute atomic E-state index is 13.2. The Morgan fingerprint density at radius 2 is 1.78 bits per heavy atom. The first-order valence-corrected chi connectivity index (χ1v) is 13.4. The van der Waals surface area contributed by atoms with E-state index >= 15 is 0 Å². The molecule has 0 unspecified atom stereocenters. The Balaban J connectivity index is 1.65. The van der Waals surface area contributed by atoms with Crippen LogP contribution < -0.4 is 5.32 Å². The average molecular weight is 518 g/mol. The summed E-state index contributed by atoms with van der Waals surface area (Å²) in [5.41, 5.74) is 3.50. The van der Waals surface area contributed by atoms with Gasteiger partial charge in [-0.25, -0.2) is 0 Å². The molecule has 2 amide bonds. The Labute approximate surface area is 204 Å². The molecule has 4 nitrogen and oxygen atoms in total. The number of carbonyl (C=O) groups is 2. The summed E-state index contributed by atoms with van der Waals surface area (Å²) < 4.78 is 0.996. The van der Waals surface area contributed by atoms with Gasteiger partial charge in [-0.3, -0.25) is 9.59 Å². The van der Waals surface area contributed by atoms with Crippen molar-refractivity contribution in [2.45, 2.75) is 70.3 Å². The fourth-order valence-corrected chi connectivity index (χ4v) is 5.29. The first kappa shape index (κ1) is 24.8. The van der Waals surface area contributed by atoms with E-state index in [4.69, 9.17) is 0 Å². The van der Waals surface area contributed by atoms with Gasteiger partial charge in [0, 0.05) is 22.8 Å². The molecule has 1 atom stereocenters. The van der Waals surface area contributed by atoms with Gasteiger partial charge in [-0.1, -0.05) is 71.6 Å². The molecule has 0 heterocycles. The number of nitrogens with zero attached hydrogens (tertiary/aromatic N) is 1. The minimum absolute atomic E-state index is 0.00204. The number of halogens is 1. The lowest BCUT2D eigenvalue weighted by molar-refractivity contribution is -0.139. The first-order chi connectivity index (χ1) is 15.4. The Morgan fingerprint density at radius 3 is 2.47 bits per heavy atom. The molecule has 0 radical (unpaired) electrons. The minimum Gasteiger partial charge on any atom is -0.352 e. The van der Waals surface area contributed by atoms with E-state index in [1.165, 1.54) is 17.5 Å². The third-order valence-corrected chi connectivity index (χ3v) is 7.62. The summed E-state index contributed by atoms with van der Waals surface area (Å²) in [7, 11) is 0. The van der Waals surface area contributed by atoms with Crippen LogP contribution in [0.3, 0.4) is 0 Å². The molecule has 0 aliphatic heterocycles. The van der Waals surface area contributed by atoms with E-state index in [0.29, 0.717) is 12.3 Å². The van der Waals surface area contributed by atoms with Crippen LogP contribution in [0.2, 0.25) is 0 Å². The van der Waals surface area contributed by atoms with Crippen LogP contribution in [0.1, 0.15) is 55.7 Å². The molecule has 0 aromatic heterocycles. The quantitative estimate of drug-likeness (QED) is 0.454. The van der Waals surface area contributed by atoms with Crippen LogP contribution >= 0.6 is 27.7 Å². The number of aryl methyl sites for hydroxylation is 1. The zero-order chi connectivity index (χ0) is 22.9. The number of carbonyl (C=O) groups excluding carboxylic acids is 2. The highest BCUT2D eigenvalue weighted by atomic mass is 79.9. The molecule has 3 rings (SSSR count). The molecule has 2 aromatic carbocycles. The van der Waals surface area contributed by atoms with Crippen LogP contribution in [0.15, 0.2) is 53.0 Å². The molecule has 0 spiro atoms. The molecule has 1 fully saturated rings. The van der Waals surface area contributed by atoms with Crippen LogP contribution in [-0.2, 0) is 21.9 Å². The number of thioether (sulfide) groups is 1. The van der Waals surface area contributed by atoms with E-state index in [1.54, 1.807) is 16.7 Å². The highest BCUT2D eigenvalue weighted by Crippen LogP contribution is 2.20. The normalized spacial score (nSPS) is 15.2. The van der Waals surface area contributed by atoms with E-state index in [1.807, 2.05) is 43.3 Å². The van der Waals surface area contributed by atoms with E-state index in [2.05, 4.69) is 40.3 Å². The van der Waals surface area contributed by atoms with E-state index in [9.17, 15) is 9.59 Å². The highest BCUT2D eigenvalue weighted by Gasteiger charge is 2.28. The SMILES string of the molecule is Cc1ccccc1CSCC(=O)N(Cc1ccc(Br)cc1)[C@@H](C)C(=O)NC1CCCCC1. The highest BCUT2D eigenvalue weighted by molar-refractivity contribution is 9.10. The molecule has 2 aromatic rings. The zero-order valence-electron chi connectivity index (χ0n) is 19.0. The Hall–Kier alpha value is -1.79. The van der Waals surface area contributed by atoms with Crippen molar-refractivity contribution in [1.29, 1.82) is 0 Å². The molecule has 0 bridgehead atoms. The fourth-order valence-electron chi connectivity index (χ4n) is 4.04. The standard InChI is InChI=1S/C26H33BrN2O2S/c1-19-8-6-7-9-22(19)17-32-18-25(30)29(16-21-12-14-23(27)15-13-21)20(2)26(31)28-24-10-4-3-5-11-24/h6-9,12-15,20,24H,3-5,10-11,16-18H2,1-2H3,(H,28,31)/t20-/m0/s1. The predicted octanol–water partition coefficient (Wildman–Crippen LogP) is 5.86. The Morgan fingerprint density at radius 1 is 1.09 bits per heavy atom. The van der Waals surface area contributed by atoms with Crippen molar-refractivity contribution in [2.75, 3.05) is 5.75 Å². The smallest absolute Gasteiger partial charge is 0.242 e. The lowest BCUT2D eigenvalue weighted by atomic mass is 9.95. The topological polar surface area (TPSA) is 49.4 Å². The number of nitrogens with one attached hydrogen (secondary N) is 1. The van der Waals surface area contributed by atoms with Crippen LogP contribution in [0.25, 0.3) is 0 Å². The van der Waals surface area contributed by atoms with Gasteiger partial charge in [-0.05, 0) is 55.5 Å². The molecule has 1 saturated carbocycles. The van der Waals surface area contributed by atoms with Crippen LogP contribution in [-0.4, -0.2) is 34.6 Å². The Bertz CT molecular complexity index is 897. The summed E-state index contributed by atoms with van der Waals surface area (Å²) in [5.74, 6) is 1.09. The maximum atomic E-state index is 13.2. The van der Waals surface area contributed by atoms with E-state index in [-0.39, 0.29) is 17.9 Å². The second-order valence-electron chi connectivity index (χ2n) is 8.59. The number of rotatable bonds is 9. The van der Waals surface area contributed by atoms with Crippen molar-refractivity contribution >= 4 is 39.5 Å². The summed E-state index contributed by atoms with van der Waals surface area (Å²) in [6, 6.07) is 15.9. The summed E-state index contributed by atoms with van der Waals surface area (Å²) >= 11 is 5.07. The monoisotopic (exact) mass is 516 g/mol. The maximum Gasteiger partial charge on any atom is 0.242 e. The van der Waals surface area contributed by atoms with Crippen LogP contribution in [0.5, 0.6) is 0 Å². The van der Waals surface area contributed by atoms with Crippen molar-refractivity contribution in [3.05, 3.63) is 69.7 Å². The van der Waals surface area contributed by atoms with Gasteiger partial charge in [0.15, 0.2) is 0 Å². The van der Waals surface area contributed by atoms with Crippen molar-refractivity contribution in [3.8, 4) is 0 Å². The number of amides is 2. The van der Waals surface area contributed by atoms with Gasteiger partial charge in [0.25, 0.3) is 0 Å². The molecule has 6 heteroatoms. The van der Waals surface area contributed by atoms with Crippen LogP contribution in [0, 0.1) is 6.92 Å². The van der Waals surface area contributed by atoms with Gasteiger partial charge in [0.2, 0.25) is 11.8 Å². The second kappa shape index (κ2) is 12.4. The van der Waals surface area contributed by atoms with Crippen LogP contribution in [0.4, 0.5) is 0 Å². The molecule has 1 N–H and O–H groups in total. The molecular weight excluding hydrogens is 484 g/mol. The largest absolute Gasteiger partial charge is 0.352 e. The lowest BCUT2D eigenvalue weighted by Crippen LogP contribution is -2.50. The van der Waals surface area contributed by atoms with Gasteiger partial charge >= 0.3 is 0 Å². The van der Waals surface area contributed by atoms with Crippen molar-refractivity contribution in [2.24, 2.45) is 0 Å². The molecule has 172 valence electrons. The Kier molecular flexibility index (Phi) is 9.67. The summed E-state index contributed by atoms with van der Waals surface area (Å²) in [5, 5.41) is 3.19. The van der Waals surface area contributed by atoms with Crippen molar-refractivity contribution in [3.63, 3.8) is 0 Å².